The lowest BCUT2D eigenvalue weighted by atomic mass is 9.58. The van der Waals surface area contributed by atoms with E-state index in [9.17, 15) is 0 Å². The number of hydrogen-bond acceptors (Lipinski definition) is 0. The van der Waals surface area contributed by atoms with Crippen molar-refractivity contribution in [2.75, 3.05) is 0 Å². The average Bonchev–Trinajstić information content (AvgIpc) is 3.97. The fourth-order valence-electron chi connectivity index (χ4n) is 11.9. The predicted octanol–water partition coefficient (Wildman–Crippen LogP) is 9.78. The van der Waals surface area contributed by atoms with Crippen LogP contribution in [0.4, 0.5) is 0 Å². The molecule has 2 spiro atoms. The fraction of sp³-hybridized carbons (Fsp3) is 0.102. The quantitative estimate of drug-likeness (QED) is 0.122. The van der Waals surface area contributed by atoms with E-state index in [1.54, 1.807) is 0 Å². The van der Waals surface area contributed by atoms with E-state index in [4.69, 9.17) is 0 Å². The first-order valence-corrected chi connectivity index (χ1v) is 18.9. The maximum atomic E-state index is 2.76. The summed E-state index contributed by atoms with van der Waals surface area (Å²) in [5, 5.41) is 3.97. The summed E-state index contributed by atoms with van der Waals surface area (Å²) < 4.78 is 10.7. The summed E-state index contributed by atoms with van der Waals surface area (Å²) in [6.45, 7) is 4.68. The number of nitrogens with zero attached hydrogens (tertiary/aromatic N) is 4. The van der Waals surface area contributed by atoms with Crippen LogP contribution in [0.2, 0.25) is 0 Å². The maximum absolute atomic E-state index is 2.76. The minimum absolute atomic E-state index is 0.253. The SMILES string of the molecule is CC(C)[n+]1c2n(c3ccccc31)C13c4c-2cccc4C2(c4ccccc4-c4ccccc42)c2ccc4c5ccccc5n5c6ccccc6[n+]1c5c4c23. The van der Waals surface area contributed by atoms with Gasteiger partial charge >= 0.3 is 11.3 Å². The zero-order valence-corrected chi connectivity index (χ0v) is 29.3. The molecule has 5 heterocycles. The van der Waals surface area contributed by atoms with E-state index in [0.717, 1.165) is 0 Å². The van der Waals surface area contributed by atoms with Gasteiger partial charge in [-0.3, -0.25) is 0 Å². The molecule has 4 nitrogen and oxygen atoms in total. The summed E-state index contributed by atoms with van der Waals surface area (Å²) in [4.78, 5) is 0. The third-order valence-electron chi connectivity index (χ3n) is 13.4. The van der Waals surface area contributed by atoms with Crippen LogP contribution in [0.3, 0.4) is 0 Å². The molecule has 53 heavy (non-hydrogen) atoms. The van der Waals surface area contributed by atoms with E-state index in [1.165, 1.54) is 105 Å². The lowest BCUT2D eigenvalue weighted by Crippen LogP contribution is -2.61. The number of benzene rings is 7. The highest BCUT2D eigenvalue weighted by molar-refractivity contribution is 6.16. The Morgan fingerprint density at radius 3 is 1.87 bits per heavy atom. The van der Waals surface area contributed by atoms with Gasteiger partial charge < -0.3 is 0 Å². The Kier molecular flexibility index (Phi) is 4.39. The Labute approximate surface area is 305 Å². The summed E-state index contributed by atoms with van der Waals surface area (Å²) in [7, 11) is 0. The predicted molar refractivity (Wildman–Crippen MR) is 211 cm³/mol. The highest BCUT2D eigenvalue weighted by Crippen LogP contribution is 2.67. The van der Waals surface area contributed by atoms with Gasteiger partial charge in [0.2, 0.25) is 0 Å². The third kappa shape index (κ3) is 2.55. The first-order valence-electron chi connectivity index (χ1n) is 18.9. The Morgan fingerprint density at radius 2 is 1.09 bits per heavy atom. The molecule has 0 fully saturated rings. The molecule has 10 aromatic rings. The largest absolute Gasteiger partial charge is 0.309 e. The number of imidazole rings is 2. The van der Waals surface area contributed by atoms with Crippen molar-refractivity contribution in [2.45, 2.75) is 31.0 Å². The second kappa shape index (κ2) is 8.57. The van der Waals surface area contributed by atoms with Crippen LogP contribution in [-0.4, -0.2) is 8.97 Å². The lowest BCUT2D eigenvalue weighted by Gasteiger charge is -2.43. The van der Waals surface area contributed by atoms with Crippen LogP contribution in [0, 0.1) is 0 Å². The highest BCUT2D eigenvalue weighted by atomic mass is 15.4. The molecule has 7 aromatic carbocycles. The van der Waals surface area contributed by atoms with Crippen molar-refractivity contribution in [3.8, 4) is 22.5 Å². The first kappa shape index (κ1) is 27.2. The van der Waals surface area contributed by atoms with Crippen LogP contribution >= 0.6 is 0 Å². The van der Waals surface area contributed by atoms with E-state index >= 15 is 0 Å². The van der Waals surface area contributed by atoms with Crippen LogP contribution in [0.25, 0.3) is 71.9 Å². The molecule has 0 radical (unpaired) electrons. The number of hydrogen-bond donors (Lipinski definition) is 0. The van der Waals surface area contributed by atoms with Gasteiger partial charge in [-0.1, -0.05) is 115 Å². The third-order valence-corrected chi connectivity index (χ3v) is 13.4. The molecular weight excluding hydrogens is 645 g/mol. The molecule has 3 aromatic heterocycles. The van der Waals surface area contributed by atoms with Crippen molar-refractivity contribution < 1.29 is 9.13 Å². The minimum atomic E-state index is -0.665. The van der Waals surface area contributed by atoms with E-state index in [1.807, 2.05) is 0 Å². The molecule has 2 aliphatic carbocycles. The van der Waals surface area contributed by atoms with Gasteiger partial charge in [0.15, 0.2) is 22.1 Å². The first-order chi connectivity index (χ1) is 26.2. The summed E-state index contributed by atoms with van der Waals surface area (Å²) in [6, 6.07) is 58.1. The van der Waals surface area contributed by atoms with Gasteiger partial charge in [-0.2, -0.15) is 13.5 Å². The molecule has 0 amide bonds. The Morgan fingerprint density at radius 1 is 0.491 bits per heavy atom. The van der Waals surface area contributed by atoms with E-state index < -0.39 is 11.1 Å². The van der Waals surface area contributed by atoms with E-state index in [0.29, 0.717) is 0 Å². The number of aromatic nitrogens is 4. The van der Waals surface area contributed by atoms with Crippen LogP contribution in [0.15, 0.2) is 152 Å². The molecule has 0 bridgehead atoms. The second-order valence-corrected chi connectivity index (χ2v) is 15.8. The highest BCUT2D eigenvalue weighted by Gasteiger charge is 2.71. The summed E-state index contributed by atoms with van der Waals surface area (Å²) in [5.41, 5.74) is 18.7. The van der Waals surface area contributed by atoms with Gasteiger partial charge in [-0.15, -0.1) is 0 Å². The molecule has 4 heteroatoms. The standard InChI is InChI=1S/C49H32N4/c1-28(2)50-39-22-9-11-24-41(39)52-46(50)33-17-13-20-36-44(33)49(52)45-37(48(36)34-18-6-3-14-29(34)30-15-4-7-19-35(30)48)27-26-32-31-16-5-8-21-38(31)51-40-23-10-12-25-42(40)53(49)47(51)43(32)45/h3-28H,1-2H3/q+2. The van der Waals surface area contributed by atoms with Gasteiger partial charge in [0.05, 0.1) is 33.5 Å². The van der Waals surface area contributed by atoms with Crippen molar-refractivity contribution in [1.82, 2.24) is 8.97 Å². The fourth-order valence-corrected chi connectivity index (χ4v) is 11.9. The molecule has 246 valence electrons. The molecule has 0 N–H and O–H groups in total. The number of pyridine rings is 1. The Hall–Kier alpha value is -6.52. The smallest absolute Gasteiger partial charge is 0.221 e. The van der Waals surface area contributed by atoms with Crippen LogP contribution in [0.5, 0.6) is 0 Å². The monoisotopic (exact) mass is 676 g/mol. The second-order valence-electron chi connectivity index (χ2n) is 15.8. The topological polar surface area (TPSA) is 17.1 Å². The van der Waals surface area contributed by atoms with Crippen LogP contribution in [-0.2, 0) is 11.1 Å². The Bertz CT molecular complexity index is 3350. The van der Waals surface area contributed by atoms with Crippen molar-refractivity contribution in [2.24, 2.45) is 0 Å². The average molecular weight is 677 g/mol. The lowest BCUT2D eigenvalue weighted by molar-refractivity contribution is -0.704. The molecule has 0 saturated heterocycles. The molecule has 0 saturated carbocycles. The number of rotatable bonds is 1. The van der Waals surface area contributed by atoms with Gasteiger partial charge in [0.1, 0.15) is 5.52 Å². The van der Waals surface area contributed by atoms with Crippen molar-refractivity contribution in [3.63, 3.8) is 0 Å². The van der Waals surface area contributed by atoms with Crippen molar-refractivity contribution in [3.05, 3.63) is 185 Å². The maximum Gasteiger partial charge on any atom is 0.309 e. The van der Waals surface area contributed by atoms with Gasteiger partial charge in [-0.25, -0.2) is 4.57 Å². The zero-order chi connectivity index (χ0) is 34.5. The molecule has 1 unspecified atom stereocenters. The Balaban J connectivity index is 1.35. The van der Waals surface area contributed by atoms with Gasteiger partial charge in [0.25, 0.3) is 5.82 Å². The zero-order valence-electron chi connectivity index (χ0n) is 29.3. The van der Waals surface area contributed by atoms with Gasteiger partial charge in [-0.05, 0) is 83.6 Å². The molecule has 14 rings (SSSR count). The van der Waals surface area contributed by atoms with Crippen molar-refractivity contribution >= 4 is 49.4 Å². The molecule has 1 atom stereocenters. The summed E-state index contributed by atoms with van der Waals surface area (Å²) >= 11 is 0. The minimum Gasteiger partial charge on any atom is -0.221 e. The van der Waals surface area contributed by atoms with E-state index in [-0.39, 0.29) is 6.04 Å². The van der Waals surface area contributed by atoms with Gasteiger partial charge in [0, 0.05) is 10.8 Å². The molecule has 2 aliphatic heterocycles. The van der Waals surface area contributed by atoms with Crippen molar-refractivity contribution in [1.29, 1.82) is 0 Å². The summed E-state index contributed by atoms with van der Waals surface area (Å²) in [5.74, 6) is 1.28. The number of para-hydroxylation sites is 5. The molecule has 4 aliphatic rings. The normalized spacial score (nSPS) is 17.6. The molecular formula is C49H32N4+2. The van der Waals surface area contributed by atoms with E-state index in [2.05, 4.69) is 184 Å². The van der Waals surface area contributed by atoms with Crippen LogP contribution < -0.4 is 9.13 Å². The van der Waals surface area contributed by atoms with Crippen LogP contribution in [0.1, 0.15) is 53.3 Å². The number of fused-ring (bicyclic) bond motifs is 17. The summed E-state index contributed by atoms with van der Waals surface area (Å²) in [6.07, 6.45) is 0.